The second-order valence-electron chi connectivity index (χ2n) is 7.39. The van der Waals surface area contributed by atoms with Gasteiger partial charge in [0.25, 0.3) is 0 Å². The number of aryl methyl sites for hydroxylation is 2. The molecule has 0 aliphatic rings. The second kappa shape index (κ2) is 10.2. The maximum Gasteiger partial charge on any atom is 0.178 e. The fraction of sp³-hybridized carbons (Fsp3) is 0.455. The van der Waals surface area contributed by atoms with Crippen molar-refractivity contribution in [2.45, 2.75) is 62.2 Å². The van der Waals surface area contributed by atoms with Crippen LogP contribution in [0.4, 0.5) is 0 Å². The largest absolute Gasteiger partial charge is 0.224 e. The Bertz CT molecular complexity index is 861. The topological polar surface area (TPSA) is 68.3 Å². The van der Waals surface area contributed by atoms with Crippen molar-refractivity contribution < 1.29 is 16.8 Å². The minimum absolute atomic E-state index is 0.165. The molecular formula is C22H30O4S2. The van der Waals surface area contributed by atoms with Crippen LogP contribution in [0, 0.1) is 13.8 Å². The van der Waals surface area contributed by atoms with Gasteiger partial charge in [-0.25, -0.2) is 16.8 Å². The summed E-state index contributed by atoms with van der Waals surface area (Å²) in [5.74, 6) is 0.329. The third-order valence-corrected chi connectivity index (χ3v) is 8.47. The maximum absolute atomic E-state index is 12.3. The summed E-state index contributed by atoms with van der Waals surface area (Å²) < 4.78 is 49.1. The molecule has 0 fully saturated rings. The predicted octanol–water partition coefficient (Wildman–Crippen LogP) is 4.89. The molecule has 0 radical (unpaired) electrons. The lowest BCUT2D eigenvalue weighted by atomic mass is 10.1. The number of rotatable bonds is 11. The lowest BCUT2D eigenvalue weighted by Gasteiger charge is -2.06. The quantitative estimate of drug-likeness (QED) is 0.483. The molecule has 2 rings (SSSR count). The van der Waals surface area contributed by atoms with E-state index < -0.39 is 19.7 Å². The molecule has 0 saturated heterocycles. The molecule has 0 spiro atoms. The van der Waals surface area contributed by atoms with Gasteiger partial charge >= 0.3 is 0 Å². The number of hydrogen-bond acceptors (Lipinski definition) is 4. The molecule has 0 atom stereocenters. The third-order valence-electron chi connectivity index (χ3n) is 4.84. The summed E-state index contributed by atoms with van der Waals surface area (Å²) in [6.07, 6.45) is 4.81. The lowest BCUT2D eigenvalue weighted by molar-refractivity contribution is 0.576. The van der Waals surface area contributed by atoms with E-state index in [0.717, 1.165) is 36.8 Å². The van der Waals surface area contributed by atoms with Gasteiger partial charge in [0.1, 0.15) is 0 Å². The summed E-state index contributed by atoms with van der Waals surface area (Å²) in [6.45, 7) is 3.87. The van der Waals surface area contributed by atoms with E-state index in [4.69, 9.17) is 0 Å². The van der Waals surface area contributed by atoms with Crippen molar-refractivity contribution >= 4 is 19.7 Å². The number of hydrogen-bond donors (Lipinski definition) is 0. The Kier molecular flexibility index (Phi) is 8.25. The van der Waals surface area contributed by atoms with Gasteiger partial charge in [-0.2, -0.15) is 0 Å². The van der Waals surface area contributed by atoms with Gasteiger partial charge in [0.15, 0.2) is 19.7 Å². The van der Waals surface area contributed by atoms with E-state index in [1.54, 1.807) is 24.3 Å². The highest BCUT2D eigenvalue weighted by molar-refractivity contribution is 7.91. The summed E-state index contributed by atoms with van der Waals surface area (Å²) in [5.41, 5.74) is 2.09. The fourth-order valence-corrected chi connectivity index (χ4v) is 5.76. The van der Waals surface area contributed by atoms with Crippen LogP contribution < -0.4 is 0 Å². The van der Waals surface area contributed by atoms with Crippen LogP contribution in [0.1, 0.15) is 49.7 Å². The Morgan fingerprint density at radius 2 is 0.786 bits per heavy atom. The highest BCUT2D eigenvalue weighted by Crippen LogP contribution is 2.17. The molecular weight excluding hydrogens is 392 g/mol. The molecule has 0 heterocycles. The molecule has 0 bridgehead atoms. The van der Waals surface area contributed by atoms with E-state index in [1.165, 1.54) is 0 Å². The molecule has 28 heavy (non-hydrogen) atoms. The molecule has 2 aromatic carbocycles. The van der Waals surface area contributed by atoms with Gasteiger partial charge in [0, 0.05) is 0 Å². The van der Waals surface area contributed by atoms with Crippen molar-refractivity contribution in [1.29, 1.82) is 0 Å². The van der Waals surface area contributed by atoms with E-state index in [1.807, 2.05) is 38.1 Å². The van der Waals surface area contributed by atoms with Crippen LogP contribution in [-0.4, -0.2) is 28.3 Å². The summed E-state index contributed by atoms with van der Waals surface area (Å²) in [6, 6.07) is 13.9. The molecule has 0 aliphatic carbocycles. The van der Waals surface area contributed by atoms with Crippen molar-refractivity contribution in [2.75, 3.05) is 11.5 Å². The van der Waals surface area contributed by atoms with E-state index in [-0.39, 0.29) is 11.5 Å². The molecule has 2 aromatic rings. The molecule has 0 unspecified atom stereocenters. The number of sulfone groups is 2. The first-order valence-corrected chi connectivity index (χ1v) is 13.1. The molecule has 0 N–H and O–H groups in total. The average molecular weight is 423 g/mol. The van der Waals surface area contributed by atoms with Crippen molar-refractivity contribution in [3.8, 4) is 0 Å². The zero-order chi connectivity index (χ0) is 20.6. The molecule has 4 nitrogen and oxygen atoms in total. The predicted molar refractivity (Wildman–Crippen MR) is 114 cm³/mol. The van der Waals surface area contributed by atoms with Crippen molar-refractivity contribution in [2.24, 2.45) is 0 Å². The molecule has 0 aliphatic heterocycles. The highest BCUT2D eigenvalue weighted by Gasteiger charge is 2.14. The van der Waals surface area contributed by atoms with Crippen LogP contribution in [0.3, 0.4) is 0 Å². The van der Waals surface area contributed by atoms with Crippen LogP contribution in [0.5, 0.6) is 0 Å². The van der Waals surface area contributed by atoms with E-state index >= 15 is 0 Å². The Labute approximate surface area is 169 Å². The maximum atomic E-state index is 12.3. The summed E-state index contributed by atoms with van der Waals surface area (Å²) >= 11 is 0. The van der Waals surface area contributed by atoms with Gasteiger partial charge in [-0.1, -0.05) is 61.1 Å². The van der Waals surface area contributed by atoms with E-state index in [2.05, 4.69) is 0 Å². The average Bonchev–Trinajstić information content (AvgIpc) is 2.64. The molecule has 154 valence electrons. The first-order chi connectivity index (χ1) is 13.2. The summed E-state index contributed by atoms with van der Waals surface area (Å²) in [5, 5.41) is 0. The van der Waals surface area contributed by atoms with Gasteiger partial charge < -0.3 is 0 Å². The van der Waals surface area contributed by atoms with Crippen molar-refractivity contribution in [3.63, 3.8) is 0 Å². The highest BCUT2D eigenvalue weighted by atomic mass is 32.2. The van der Waals surface area contributed by atoms with Crippen LogP contribution in [0.25, 0.3) is 0 Å². The first-order valence-electron chi connectivity index (χ1n) is 9.79. The smallest absolute Gasteiger partial charge is 0.178 e. The monoisotopic (exact) mass is 422 g/mol. The minimum Gasteiger partial charge on any atom is -0.224 e. The van der Waals surface area contributed by atoms with Gasteiger partial charge in [0.05, 0.1) is 21.3 Å². The van der Waals surface area contributed by atoms with Crippen LogP contribution in [0.15, 0.2) is 58.3 Å². The van der Waals surface area contributed by atoms with Crippen LogP contribution >= 0.6 is 0 Å². The van der Waals surface area contributed by atoms with Gasteiger partial charge in [-0.05, 0) is 51.0 Å². The van der Waals surface area contributed by atoms with Crippen molar-refractivity contribution in [1.82, 2.24) is 0 Å². The lowest BCUT2D eigenvalue weighted by Crippen LogP contribution is -2.07. The molecule has 6 heteroatoms. The molecule has 0 amide bonds. The number of unbranched alkanes of at least 4 members (excludes halogenated alkanes) is 5. The SMILES string of the molecule is Cc1ccc(S(=O)(=O)CCCCCCCCS(=O)(=O)c2ccc(C)cc2)cc1. The summed E-state index contributed by atoms with van der Waals surface area (Å²) in [4.78, 5) is 0.777. The first kappa shape index (κ1) is 22.6. The zero-order valence-corrected chi connectivity index (χ0v) is 18.4. The van der Waals surface area contributed by atoms with Crippen molar-refractivity contribution in [3.05, 3.63) is 59.7 Å². The Morgan fingerprint density at radius 3 is 1.11 bits per heavy atom. The van der Waals surface area contributed by atoms with Gasteiger partial charge in [-0.15, -0.1) is 0 Å². The number of benzene rings is 2. The van der Waals surface area contributed by atoms with Gasteiger partial charge in [0.2, 0.25) is 0 Å². The summed E-state index contributed by atoms with van der Waals surface area (Å²) in [7, 11) is -6.41. The van der Waals surface area contributed by atoms with E-state index in [0.29, 0.717) is 22.6 Å². The molecule has 0 aromatic heterocycles. The third kappa shape index (κ3) is 7.06. The second-order valence-corrected chi connectivity index (χ2v) is 11.6. The van der Waals surface area contributed by atoms with Crippen LogP contribution in [-0.2, 0) is 19.7 Å². The molecule has 0 saturated carbocycles. The Hall–Kier alpha value is -1.66. The standard InChI is InChI=1S/C22H30O4S2/c1-19-9-13-21(14-10-19)27(23,24)17-7-5-3-4-6-8-18-28(25,26)22-15-11-20(2)12-16-22/h9-16H,3-8,17-18H2,1-2H3. The normalized spacial score (nSPS) is 12.2. The van der Waals surface area contributed by atoms with Crippen LogP contribution in [0.2, 0.25) is 0 Å². The van der Waals surface area contributed by atoms with E-state index in [9.17, 15) is 16.8 Å². The Morgan fingerprint density at radius 1 is 0.500 bits per heavy atom. The zero-order valence-electron chi connectivity index (χ0n) is 16.7. The minimum atomic E-state index is -3.21. The Balaban J connectivity index is 1.63. The van der Waals surface area contributed by atoms with Gasteiger partial charge in [-0.3, -0.25) is 0 Å². The fourth-order valence-electron chi connectivity index (χ4n) is 3.02.